The van der Waals surface area contributed by atoms with E-state index in [2.05, 4.69) is 5.32 Å². The highest BCUT2D eigenvalue weighted by atomic mass is 19.1. The first kappa shape index (κ1) is 22.6. The first-order valence-electron chi connectivity index (χ1n) is 8.30. The number of hydrogen-bond donors (Lipinski definition) is 1. The second-order valence-electron chi connectivity index (χ2n) is 4.82. The number of carbonyl (C=O) groups is 1. The zero-order valence-electron chi connectivity index (χ0n) is 15.5. The minimum absolute atomic E-state index is 0.223. The van der Waals surface area contributed by atoms with E-state index >= 15 is 0 Å². The van der Waals surface area contributed by atoms with E-state index in [0.29, 0.717) is 23.3 Å². The summed E-state index contributed by atoms with van der Waals surface area (Å²) < 4.78 is 31.8. The SMILES string of the molecule is CC.CCC=O.CNc1ccc(F)cc1COc1ccc(F)cc1C. The quantitative estimate of drug-likeness (QED) is 0.721. The van der Waals surface area contributed by atoms with E-state index in [9.17, 15) is 13.6 Å². The Morgan fingerprint density at radius 2 is 1.64 bits per heavy atom. The van der Waals surface area contributed by atoms with Gasteiger partial charge in [-0.15, -0.1) is 0 Å². The van der Waals surface area contributed by atoms with Crippen molar-refractivity contribution in [2.75, 3.05) is 12.4 Å². The number of aryl methyl sites for hydroxylation is 1. The largest absolute Gasteiger partial charge is 0.489 e. The summed E-state index contributed by atoms with van der Waals surface area (Å²) in [6.45, 7) is 7.80. The lowest BCUT2D eigenvalue weighted by molar-refractivity contribution is -0.107. The number of ether oxygens (including phenoxy) is 1. The summed E-state index contributed by atoms with van der Waals surface area (Å²) in [4.78, 5) is 9.17. The van der Waals surface area contributed by atoms with Gasteiger partial charge in [-0.2, -0.15) is 0 Å². The highest BCUT2D eigenvalue weighted by molar-refractivity contribution is 5.50. The Labute approximate surface area is 149 Å². The van der Waals surface area contributed by atoms with E-state index in [4.69, 9.17) is 4.74 Å². The zero-order valence-corrected chi connectivity index (χ0v) is 15.5. The molecule has 0 spiro atoms. The third kappa shape index (κ3) is 8.29. The van der Waals surface area contributed by atoms with Gasteiger partial charge in [0, 0.05) is 24.7 Å². The van der Waals surface area contributed by atoms with Crippen molar-refractivity contribution in [2.24, 2.45) is 0 Å². The molecule has 5 heteroatoms. The van der Waals surface area contributed by atoms with Crippen molar-refractivity contribution in [1.82, 2.24) is 0 Å². The summed E-state index contributed by atoms with van der Waals surface area (Å²) in [6, 6.07) is 8.78. The number of halogens is 2. The Bertz CT molecular complexity index is 646. The lowest BCUT2D eigenvalue weighted by Crippen LogP contribution is -2.02. The van der Waals surface area contributed by atoms with E-state index in [1.54, 1.807) is 26.1 Å². The lowest BCUT2D eigenvalue weighted by Gasteiger charge is -2.12. The first-order valence-corrected chi connectivity index (χ1v) is 8.30. The molecule has 0 bridgehead atoms. The maximum absolute atomic E-state index is 13.2. The molecule has 2 rings (SSSR count). The summed E-state index contributed by atoms with van der Waals surface area (Å²) in [5.74, 6) is -0.0207. The standard InChI is InChI=1S/C15H15F2NO.C3H6O.C2H6/c1-10-7-12(16)4-6-15(10)19-9-11-8-13(17)3-5-14(11)18-2;1-2-3-4;1-2/h3-8,18H,9H2,1-2H3;3H,2H2,1H3;1-2H3. The van der Waals surface area contributed by atoms with Gasteiger partial charge < -0.3 is 14.8 Å². The van der Waals surface area contributed by atoms with Crippen LogP contribution in [0.5, 0.6) is 5.75 Å². The van der Waals surface area contributed by atoms with Crippen LogP contribution in [0.15, 0.2) is 36.4 Å². The average Bonchev–Trinajstić information content (AvgIpc) is 2.63. The molecule has 0 radical (unpaired) electrons. The molecule has 0 aliphatic carbocycles. The Morgan fingerprint density at radius 3 is 2.16 bits per heavy atom. The molecule has 0 atom stereocenters. The Morgan fingerprint density at radius 1 is 1.08 bits per heavy atom. The predicted molar refractivity (Wildman–Crippen MR) is 99.1 cm³/mol. The van der Waals surface area contributed by atoms with Gasteiger partial charge in [-0.1, -0.05) is 20.8 Å². The molecule has 2 aromatic rings. The smallest absolute Gasteiger partial charge is 0.123 e. The summed E-state index contributed by atoms with van der Waals surface area (Å²) in [5, 5.41) is 2.98. The second-order valence-corrected chi connectivity index (χ2v) is 4.82. The van der Waals surface area contributed by atoms with Crippen LogP contribution in [0.25, 0.3) is 0 Å². The number of rotatable bonds is 5. The van der Waals surface area contributed by atoms with Crippen LogP contribution in [0.3, 0.4) is 0 Å². The third-order valence-corrected chi connectivity index (χ3v) is 3.02. The molecule has 0 heterocycles. The molecule has 1 N–H and O–H groups in total. The van der Waals surface area contributed by atoms with Gasteiger partial charge >= 0.3 is 0 Å². The highest BCUT2D eigenvalue weighted by Gasteiger charge is 2.06. The predicted octanol–water partition coefficient (Wildman–Crippen LogP) is 5.52. The fourth-order valence-electron chi connectivity index (χ4n) is 1.86. The summed E-state index contributed by atoms with van der Waals surface area (Å²) in [6.07, 6.45) is 1.51. The van der Waals surface area contributed by atoms with Crippen LogP contribution < -0.4 is 10.1 Å². The monoisotopic (exact) mass is 351 g/mol. The van der Waals surface area contributed by atoms with Crippen LogP contribution in [0.2, 0.25) is 0 Å². The van der Waals surface area contributed by atoms with E-state index in [-0.39, 0.29) is 18.2 Å². The molecule has 0 amide bonds. The van der Waals surface area contributed by atoms with Crippen molar-refractivity contribution in [1.29, 1.82) is 0 Å². The van der Waals surface area contributed by atoms with Crippen molar-refractivity contribution in [3.8, 4) is 5.75 Å². The van der Waals surface area contributed by atoms with E-state index in [0.717, 1.165) is 12.0 Å². The molecule has 0 unspecified atom stereocenters. The fourth-order valence-corrected chi connectivity index (χ4v) is 1.86. The Balaban J connectivity index is 0.000000845. The molecule has 3 nitrogen and oxygen atoms in total. The topological polar surface area (TPSA) is 38.3 Å². The van der Waals surface area contributed by atoms with Gasteiger partial charge in [0.15, 0.2) is 0 Å². The van der Waals surface area contributed by atoms with Gasteiger partial charge in [0.1, 0.15) is 30.3 Å². The van der Waals surface area contributed by atoms with E-state index < -0.39 is 0 Å². The number of carbonyl (C=O) groups excluding carboxylic acids is 1. The minimum Gasteiger partial charge on any atom is -0.489 e. The molecule has 0 fully saturated rings. The Hall–Kier alpha value is -2.43. The van der Waals surface area contributed by atoms with E-state index in [1.807, 2.05) is 20.8 Å². The van der Waals surface area contributed by atoms with Gasteiger partial charge in [-0.25, -0.2) is 8.78 Å². The van der Waals surface area contributed by atoms with Crippen LogP contribution in [-0.2, 0) is 11.4 Å². The molecule has 0 saturated carbocycles. The molecule has 25 heavy (non-hydrogen) atoms. The maximum Gasteiger partial charge on any atom is 0.123 e. The number of benzene rings is 2. The summed E-state index contributed by atoms with van der Waals surface area (Å²) in [5.41, 5.74) is 2.23. The average molecular weight is 351 g/mol. The van der Waals surface area contributed by atoms with Crippen LogP contribution >= 0.6 is 0 Å². The van der Waals surface area contributed by atoms with Crippen molar-refractivity contribution in [2.45, 2.75) is 40.7 Å². The molecule has 0 saturated heterocycles. The number of nitrogens with one attached hydrogen (secondary N) is 1. The molecule has 0 aliphatic heterocycles. The molecule has 0 aromatic heterocycles. The van der Waals surface area contributed by atoms with Crippen LogP contribution in [0, 0.1) is 18.6 Å². The van der Waals surface area contributed by atoms with Gasteiger partial charge in [0.05, 0.1) is 0 Å². The van der Waals surface area contributed by atoms with Crippen LogP contribution in [0.4, 0.5) is 14.5 Å². The van der Waals surface area contributed by atoms with Gasteiger partial charge in [-0.05, 0) is 48.9 Å². The molecule has 138 valence electrons. The van der Waals surface area contributed by atoms with Crippen LogP contribution in [-0.4, -0.2) is 13.3 Å². The number of hydrogen-bond acceptors (Lipinski definition) is 3. The maximum atomic E-state index is 13.2. The molecular weight excluding hydrogens is 324 g/mol. The van der Waals surface area contributed by atoms with Gasteiger partial charge in [-0.3, -0.25) is 0 Å². The number of aldehydes is 1. The molecule has 0 aliphatic rings. The fraction of sp³-hybridized carbons (Fsp3) is 0.350. The highest BCUT2D eigenvalue weighted by Crippen LogP contribution is 2.22. The first-order chi connectivity index (χ1) is 12.0. The van der Waals surface area contributed by atoms with Gasteiger partial charge in [0.25, 0.3) is 0 Å². The number of anilines is 1. The van der Waals surface area contributed by atoms with Crippen molar-refractivity contribution in [3.63, 3.8) is 0 Å². The van der Waals surface area contributed by atoms with Crippen molar-refractivity contribution in [3.05, 3.63) is 59.2 Å². The van der Waals surface area contributed by atoms with Crippen LogP contribution in [0.1, 0.15) is 38.3 Å². The summed E-state index contributed by atoms with van der Waals surface area (Å²) >= 11 is 0. The van der Waals surface area contributed by atoms with Crippen molar-refractivity contribution < 1.29 is 18.3 Å². The molecular formula is C20H27F2NO2. The normalized spacial score (nSPS) is 9.08. The second kappa shape index (κ2) is 12.9. The lowest BCUT2D eigenvalue weighted by atomic mass is 10.2. The molecule has 2 aromatic carbocycles. The summed E-state index contributed by atoms with van der Waals surface area (Å²) in [7, 11) is 1.76. The van der Waals surface area contributed by atoms with E-state index in [1.165, 1.54) is 24.3 Å². The van der Waals surface area contributed by atoms with Gasteiger partial charge in [0.2, 0.25) is 0 Å². The zero-order chi connectivity index (χ0) is 19.2. The third-order valence-electron chi connectivity index (χ3n) is 3.02. The van der Waals surface area contributed by atoms with Crippen molar-refractivity contribution >= 4 is 12.0 Å². The Kier molecular flexibility index (Phi) is 11.7. The minimum atomic E-state index is -0.312.